The number of amides is 2. The van der Waals surface area contributed by atoms with Gasteiger partial charge in [-0.25, -0.2) is 9.37 Å². The third kappa shape index (κ3) is 7.03. The van der Waals surface area contributed by atoms with E-state index in [2.05, 4.69) is 33.3 Å². The van der Waals surface area contributed by atoms with Crippen LogP contribution in [0.1, 0.15) is 65.6 Å². The van der Waals surface area contributed by atoms with E-state index >= 15 is 0 Å². The minimum Gasteiger partial charge on any atom is -0.348 e. The van der Waals surface area contributed by atoms with Crippen LogP contribution in [0, 0.1) is 12.7 Å². The first-order valence-electron chi connectivity index (χ1n) is 12.4. The van der Waals surface area contributed by atoms with Gasteiger partial charge < -0.3 is 15.6 Å². The average molecular weight is 513 g/mol. The number of H-pyrrole nitrogens is 1. The molecule has 3 rings (SSSR count). The van der Waals surface area contributed by atoms with E-state index in [0.29, 0.717) is 28.3 Å². The molecule has 0 saturated carbocycles. The number of carbonyl (C=O) groups excluding carboxylic acids is 2. The third-order valence-corrected chi connectivity index (χ3v) is 5.95. The van der Waals surface area contributed by atoms with E-state index in [1.807, 2.05) is 63.3 Å². The maximum atomic E-state index is 14.7. The highest BCUT2D eigenvalue weighted by Gasteiger charge is 2.15. The maximum absolute atomic E-state index is 14.7. The number of aromatic nitrogens is 2. The Balaban J connectivity index is 1.84. The van der Waals surface area contributed by atoms with Gasteiger partial charge in [0.05, 0.1) is 6.20 Å². The number of anilines is 1. The molecule has 7 heteroatoms. The Morgan fingerprint density at radius 3 is 2.63 bits per heavy atom. The Labute approximate surface area is 223 Å². The summed E-state index contributed by atoms with van der Waals surface area (Å²) >= 11 is 0. The molecule has 0 saturated heterocycles. The van der Waals surface area contributed by atoms with Gasteiger partial charge in [0.15, 0.2) is 0 Å². The lowest BCUT2D eigenvalue weighted by atomic mass is 9.97. The number of rotatable bonds is 10. The van der Waals surface area contributed by atoms with E-state index in [1.165, 1.54) is 13.0 Å². The second-order valence-electron chi connectivity index (χ2n) is 8.69. The molecule has 0 fully saturated rings. The number of carbonyl (C=O) groups is 2. The summed E-state index contributed by atoms with van der Waals surface area (Å²) in [5.74, 6) is 0.245. The number of hydrogen-bond donors (Lipinski definition) is 3. The quantitative estimate of drug-likeness (QED) is 0.260. The molecule has 196 valence electrons. The first-order chi connectivity index (χ1) is 18.3. The first kappa shape index (κ1) is 28.1. The van der Waals surface area contributed by atoms with Crippen LogP contribution >= 0.6 is 0 Å². The maximum Gasteiger partial charge on any atom is 0.251 e. The minimum absolute atomic E-state index is 0.0440. The van der Waals surface area contributed by atoms with E-state index in [9.17, 15) is 14.0 Å². The molecule has 38 heavy (non-hydrogen) atoms. The highest BCUT2D eigenvalue weighted by molar-refractivity contribution is 5.97. The summed E-state index contributed by atoms with van der Waals surface area (Å²) in [4.78, 5) is 31.8. The molecule has 1 aromatic heterocycles. The SMILES string of the molecule is C=C/C(=C\C)c1cccc(F)c1CNC(=O)c1cc(C(/C=C\c2ncc(NC(C)=O)[nH]2)=C\CC)ccc1C. The fourth-order valence-electron chi connectivity index (χ4n) is 4.05. The van der Waals surface area contributed by atoms with Gasteiger partial charge in [0.25, 0.3) is 5.91 Å². The van der Waals surface area contributed by atoms with Crippen molar-refractivity contribution in [3.05, 3.63) is 113 Å². The van der Waals surface area contributed by atoms with Gasteiger partial charge in [0.2, 0.25) is 5.91 Å². The molecule has 2 amide bonds. The van der Waals surface area contributed by atoms with Gasteiger partial charge in [-0.1, -0.05) is 62.1 Å². The zero-order valence-corrected chi connectivity index (χ0v) is 22.2. The van der Waals surface area contributed by atoms with Gasteiger partial charge in [0.1, 0.15) is 17.5 Å². The predicted octanol–water partition coefficient (Wildman–Crippen LogP) is 6.84. The molecule has 0 radical (unpaired) electrons. The number of nitrogens with zero attached hydrogens (tertiary/aromatic N) is 1. The molecule has 3 aromatic rings. The number of allylic oxidation sites excluding steroid dienone is 6. The minimum atomic E-state index is -0.382. The number of hydrogen-bond acceptors (Lipinski definition) is 3. The fourth-order valence-corrected chi connectivity index (χ4v) is 4.05. The zero-order valence-electron chi connectivity index (χ0n) is 22.2. The summed E-state index contributed by atoms with van der Waals surface area (Å²) in [6.45, 7) is 11.1. The predicted molar refractivity (Wildman–Crippen MR) is 153 cm³/mol. The Hall–Kier alpha value is -4.52. The van der Waals surface area contributed by atoms with Crippen LogP contribution in [-0.4, -0.2) is 21.8 Å². The second-order valence-corrected chi connectivity index (χ2v) is 8.69. The molecule has 0 spiro atoms. The van der Waals surface area contributed by atoms with Crippen LogP contribution in [0.15, 0.2) is 73.5 Å². The molecule has 0 aliphatic rings. The van der Waals surface area contributed by atoms with Crippen LogP contribution < -0.4 is 10.6 Å². The number of aryl methyl sites for hydroxylation is 1. The van der Waals surface area contributed by atoms with Crippen molar-refractivity contribution in [1.29, 1.82) is 0 Å². The van der Waals surface area contributed by atoms with E-state index in [0.717, 1.165) is 28.7 Å². The number of benzene rings is 2. The van der Waals surface area contributed by atoms with Crippen molar-refractivity contribution in [2.24, 2.45) is 0 Å². The van der Waals surface area contributed by atoms with E-state index in [-0.39, 0.29) is 24.2 Å². The molecule has 0 aliphatic carbocycles. The van der Waals surface area contributed by atoms with Gasteiger partial charge in [-0.2, -0.15) is 0 Å². The summed E-state index contributed by atoms with van der Waals surface area (Å²) in [5.41, 5.74) is 5.01. The summed E-state index contributed by atoms with van der Waals surface area (Å²) in [5, 5.41) is 5.55. The van der Waals surface area contributed by atoms with Crippen LogP contribution in [0.4, 0.5) is 10.2 Å². The molecule has 3 N–H and O–H groups in total. The van der Waals surface area contributed by atoms with Crippen LogP contribution in [0.3, 0.4) is 0 Å². The van der Waals surface area contributed by atoms with Gasteiger partial charge in [-0.15, -0.1) is 0 Å². The van der Waals surface area contributed by atoms with Crippen molar-refractivity contribution < 1.29 is 14.0 Å². The van der Waals surface area contributed by atoms with Crippen LogP contribution in [-0.2, 0) is 11.3 Å². The van der Waals surface area contributed by atoms with Crippen molar-refractivity contribution in [3.63, 3.8) is 0 Å². The number of halogens is 1. The van der Waals surface area contributed by atoms with Gasteiger partial charge in [0, 0.05) is 24.6 Å². The normalized spacial score (nSPS) is 12.0. The largest absolute Gasteiger partial charge is 0.348 e. The Bertz CT molecular complexity index is 1430. The summed E-state index contributed by atoms with van der Waals surface area (Å²) in [7, 11) is 0. The smallest absolute Gasteiger partial charge is 0.251 e. The van der Waals surface area contributed by atoms with Gasteiger partial charge in [-0.05, 0) is 66.3 Å². The number of aromatic amines is 1. The van der Waals surface area contributed by atoms with Crippen molar-refractivity contribution >= 4 is 34.9 Å². The molecule has 0 bridgehead atoms. The molecule has 2 aromatic carbocycles. The van der Waals surface area contributed by atoms with E-state index in [4.69, 9.17) is 0 Å². The highest BCUT2D eigenvalue weighted by Crippen LogP contribution is 2.24. The van der Waals surface area contributed by atoms with E-state index < -0.39 is 0 Å². The third-order valence-electron chi connectivity index (χ3n) is 5.95. The Morgan fingerprint density at radius 1 is 1.16 bits per heavy atom. The summed E-state index contributed by atoms with van der Waals surface area (Å²) in [6, 6.07) is 10.5. The number of nitrogens with one attached hydrogen (secondary N) is 3. The highest BCUT2D eigenvalue weighted by atomic mass is 19.1. The molecule has 1 heterocycles. The van der Waals surface area contributed by atoms with Crippen molar-refractivity contribution in [1.82, 2.24) is 15.3 Å². The molecular weight excluding hydrogens is 479 g/mol. The van der Waals surface area contributed by atoms with Gasteiger partial charge in [-0.3, -0.25) is 9.59 Å². The lowest BCUT2D eigenvalue weighted by Crippen LogP contribution is -2.25. The Morgan fingerprint density at radius 2 is 1.95 bits per heavy atom. The average Bonchev–Trinajstić information content (AvgIpc) is 3.33. The van der Waals surface area contributed by atoms with Crippen LogP contribution in [0.25, 0.3) is 17.2 Å². The first-order valence-corrected chi connectivity index (χ1v) is 12.4. The monoisotopic (exact) mass is 512 g/mol. The summed E-state index contributed by atoms with van der Waals surface area (Å²) < 4.78 is 14.7. The topological polar surface area (TPSA) is 86.9 Å². The van der Waals surface area contributed by atoms with Gasteiger partial charge >= 0.3 is 0 Å². The second kappa shape index (κ2) is 13.1. The van der Waals surface area contributed by atoms with Crippen LogP contribution in [0.5, 0.6) is 0 Å². The van der Waals surface area contributed by atoms with Crippen molar-refractivity contribution in [3.8, 4) is 0 Å². The lowest BCUT2D eigenvalue weighted by molar-refractivity contribution is -0.114. The molecule has 0 unspecified atom stereocenters. The molecule has 6 nitrogen and oxygen atoms in total. The number of imidazole rings is 1. The molecular formula is C31H33FN4O2. The zero-order chi connectivity index (χ0) is 27.7. The lowest BCUT2D eigenvalue weighted by Gasteiger charge is -2.14. The fraction of sp³-hybridized carbons (Fsp3) is 0.194. The summed E-state index contributed by atoms with van der Waals surface area (Å²) in [6.07, 6.45) is 11.6. The molecule has 0 atom stereocenters. The van der Waals surface area contributed by atoms with Crippen molar-refractivity contribution in [2.75, 3.05) is 5.32 Å². The van der Waals surface area contributed by atoms with E-state index in [1.54, 1.807) is 18.3 Å². The Kier molecular flexibility index (Phi) is 9.71. The van der Waals surface area contributed by atoms with Crippen LogP contribution in [0.2, 0.25) is 0 Å². The molecule has 0 aliphatic heterocycles. The van der Waals surface area contributed by atoms with Crippen molar-refractivity contribution in [2.45, 2.75) is 40.7 Å². The standard InChI is InChI=1S/C31H33FN4O2/c1-6-10-23(15-16-29-33-19-30(36-29)35-21(5)37)24-14-13-20(4)26(17-24)31(38)34-18-27-25(22(7-2)8-3)11-9-12-28(27)32/h7-17,19H,2,6,18H2,1,3-5H3,(H,33,36)(H,34,38)(H,35,37)/b16-15-,22-8+,23-10-.